The summed E-state index contributed by atoms with van der Waals surface area (Å²) in [6.07, 6.45) is 6.10. The molecule has 1 aliphatic carbocycles. The minimum Gasteiger partial charge on any atom is -0.744 e. The van der Waals surface area contributed by atoms with Crippen LogP contribution in [0.2, 0.25) is 0 Å². The van der Waals surface area contributed by atoms with Gasteiger partial charge in [-0.2, -0.15) is 0 Å². The molecule has 0 saturated carbocycles. The Balaban J connectivity index is 1.79. The molecule has 0 aliphatic heterocycles. The Bertz CT molecular complexity index is 2340. The van der Waals surface area contributed by atoms with Gasteiger partial charge in [0.25, 0.3) is 0 Å². The van der Waals surface area contributed by atoms with Crippen molar-refractivity contribution in [2.75, 3.05) is 5.32 Å². The van der Waals surface area contributed by atoms with Crippen LogP contribution in [0.4, 0.5) is 17.1 Å². The van der Waals surface area contributed by atoms with Crippen LogP contribution < -0.4 is 10.3 Å². The van der Waals surface area contributed by atoms with E-state index in [-0.39, 0.29) is 23.1 Å². The van der Waals surface area contributed by atoms with Crippen LogP contribution >= 0.6 is 0 Å². The third-order valence-electron chi connectivity index (χ3n) is 10.7. The fourth-order valence-corrected chi connectivity index (χ4v) is 7.95. The van der Waals surface area contributed by atoms with Crippen molar-refractivity contribution in [3.8, 4) is 5.75 Å². The van der Waals surface area contributed by atoms with Gasteiger partial charge in [0.05, 0.1) is 4.90 Å². The van der Waals surface area contributed by atoms with E-state index in [9.17, 15) is 18.1 Å². The van der Waals surface area contributed by atoms with Crippen molar-refractivity contribution >= 4 is 38.5 Å². The summed E-state index contributed by atoms with van der Waals surface area (Å²) in [5, 5.41) is 14.1. The number of rotatable bonds is 8. The molecule has 0 bridgehead atoms. The number of phenols is 1. The Morgan fingerprint density at radius 2 is 1.37 bits per heavy atom. The van der Waals surface area contributed by atoms with E-state index < -0.39 is 15.0 Å². The van der Waals surface area contributed by atoms with Gasteiger partial charge in [-0.25, -0.2) is 13.4 Å². The highest BCUT2D eigenvalue weighted by Gasteiger charge is 2.25. The molecule has 0 atom stereocenters. The largest absolute Gasteiger partial charge is 0.744 e. The molecule has 5 rings (SSSR count). The molecule has 3 N–H and O–H groups in total. The van der Waals surface area contributed by atoms with Gasteiger partial charge >= 0.3 is 0 Å². The molecule has 0 heterocycles. The predicted molar refractivity (Wildman–Crippen MR) is 214 cm³/mol. The van der Waals surface area contributed by atoms with Crippen molar-refractivity contribution in [2.45, 2.75) is 93.9 Å². The van der Waals surface area contributed by atoms with Crippen molar-refractivity contribution in [3.05, 3.63) is 139 Å². The van der Waals surface area contributed by atoms with Gasteiger partial charge in [-0.15, -0.1) is 0 Å². The van der Waals surface area contributed by atoms with Gasteiger partial charge in [0, 0.05) is 39.7 Å². The highest BCUT2D eigenvalue weighted by molar-refractivity contribution is 7.85. The highest BCUT2D eigenvalue weighted by atomic mass is 32.2. The number of phenolic OH excluding ortho intramolecular Hbond substituents is 1. The maximum atomic E-state index is 12.8. The van der Waals surface area contributed by atoms with Gasteiger partial charge in [0.15, 0.2) is 0 Å². The van der Waals surface area contributed by atoms with Crippen LogP contribution in [0.5, 0.6) is 5.75 Å². The molecular weight excluding hydrogens is 665 g/mol. The molecule has 4 aromatic rings. The van der Waals surface area contributed by atoms with Gasteiger partial charge in [-0.05, 0) is 171 Å². The number of nitrogens with one attached hydrogen (secondary N) is 2. The average molecular weight is 717 g/mol. The van der Waals surface area contributed by atoms with Crippen molar-refractivity contribution < 1.29 is 23.1 Å². The quantitative estimate of drug-likeness (QED) is 0.158. The molecule has 272 valence electrons. The topological polar surface area (TPSA) is 103 Å². The van der Waals surface area contributed by atoms with E-state index in [1.165, 1.54) is 45.5 Å². The number of hydrogen-bond donors (Lipinski definition) is 3. The molecule has 0 unspecified atom stereocenters. The van der Waals surface area contributed by atoms with E-state index >= 15 is 0 Å². The monoisotopic (exact) mass is 716 g/mol. The zero-order valence-electron chi connectivity index (χ0n) is 32.6. The SMILES string of the molecule is Cc1cc(C)c(Nc2ccc(C(=C3C=CC(=[NH+]c4c(C)cc(C)c(C)c4C)C(C(C)C)=C3)c3ccc(O)cc3S(=O)(=O)[O-])cc2C(C)C)c(C)c1C. The number of hydrogen-bond acceptors (Lipinski definition) is 5. The highest BCUT2D eigenvalue weighted by Crippen LogP contribution is 2.40. The van der Waals surface area contributed by atoms with Crippen LogP contribution in [0.25, 0.3) is 5.57 Å². The van der Waals surface area contributed by atoms with E-state index in [1.54, 1.807) is 0 Å². The van der Waals surface area contributed by atoms with Crippen LogP contribution in [-0.2, 0) is 10.1 Å². The minimum absolute atomic E-state index is 0.112. The Hall–Kier alpha value is -4.72. The maximum absolute atomic E-state index is 12.8. The number of benzene rings is 4. The normalized spacial score (nSPS) is 15.1. The number of anilines is 2. The summed E-state index contributed by atoms with van der Waals surface area (Å²) in [5.41, 5.74) is 18.2. The molecule has 52 heavy (non-hydrogen) atoms. The lowest BCUT2D eigenvalue weighted by atomic mass is 9.84. The second-order valence-corrected chi connectivity index (χ2v) is 16.3. The molecular formula is C45H52N2O4S. The van der Waals surface area contributed by atoms with Gasteiger partial charge < -0.3 is 15.0 Å². The van der Waals surface area contributed by atoms with Crippen LogP contribution in [0, 0.1) is 61.3 Å². The number of aromatic hydroxyl groups is 1. The molecule has 4 aromatic carbocycles. The molecule has 0 saturated heterocycles. The number of allylic oxidation sites excluding steroid dienone is 5. The second kappa shape index (κ2) is 14.7. The van der Waals surface area contributed by atoms with Crippen LogP contribution in [0.3, 0.4) is 0 Å². The summed E-state index contributed by atoms with van der Waals surface area (Å²) in [6.45, 7) is 25.5. The zero-order chi connectivity index (χ0) is 38.4. The second-order valence-electron chi connectivity index (χ2n) is 14.9. The van der Waals surface area contributed by atoms with Crippen LogP contribution in [0.15, 0.2) is 82.8 Å². The lowest BCUT2D eigenvalue weighted by molar-refractivity contribution is -0.353. The van der Waals surface area contributed by atoms with Crippen molar-refractivity contribution in [3.63, 3.8) is 0 Å². The summed E-state index contributed by atoms with van der Waals surface area (Å²) in [4.78, 5) is 3.26. The van der Waals surface area contributed by atoms with Gasteiger partial charge in [0.1, 0.15) is 15.9 Å². The summed E-state index contributed by atoms with van der Waals surface area (Å²) in [5.74, 6) is -0.0677. The first-order chi connectivity index (χ1) is 24.3. The van der Waals surface area contributed by atoms with E-state index in [4.69, 9.17) is 0 Å². The molecule has 7 heteroatoms. The van der Waals surface area contributed by atoms with E-state index in [2.05, 4.69) is 118 Å². The Morgan fingerprint density at radius 1 is 0.731 bits per heavy atom. The van der Waals surface area contributed by atoms with E-state index in [0.717, 1.165) is 62.2 Å². The van der Waals surface area contributed by atoms with Gasteiger partial charge in [0.2, 0.25) is 11.4 Å². The first kappa shape index (κ1) is 38.5. The smallest absolute Gasteiger partial charge is 0.210 e. The average Bonchev–Trinajstić information content (AvgIpc) is 3.07. The lowest BCUT2D eigenvalue weighted by Gasteiger charge is -2.24. The molecule has 1 aliphatic rings. The molecule has 0 fully saturated rings. The molecule has 6 nitrogen and oxygen atoms in total. The summed E-state index contributed by atoms with van der Waals surface area (Å²) in [7, 11) is -4.96. The predicted octanol–water partition coefficient (Wildman–Crippen LogP) is 9.44. The first-order valence-corrected chi connectivity index (χ1v) is 19.3. The van der Waals surface area contributed by atoms with Crippen molar-refractivity contribution in [1.29, 1.82) is 0 Å². The fourth-order valence-electron chi connectivity index (χ4n) is 7.24. The number of aryl methyl sites for hydroxylation is 4. The standard InChI is InChI=1S/C45H52N2O4S/c1-24(2)38-21-34(13-17-40(38)46-44-28(7)19-26(5)30(9)32(44)11)43(37-16-15-36(48)23-42(37)52(49,50)51)35-14-18-41(39(22-35)25(3)4)47-45-29(8)20-27(6)31(10)33(45)12/h13-25,46,48H,1-12H3,(H,49,50,51). The minimum atomic E-state index is -4.96. The van der Waals surface area contributed by atoms with Crippen molar-refractivity contribution in [2.24, 2.45) is 5.92 Å². The molecule has 0 spiro atoms. The van der Waals surface area contributed by atoms with Gasteiger partial charge in [-0.3, -0.25) is 0 Å². The fraction of sp³-hybridized carbons (Fsp3) is 0.311. The lowest BCUT2D eigenvalue weighted by Crippen LogP contribution is -2.67. The summed E-state index contributed by atoms with van der Waals surface area (Å²) >= 11 is 0. The first-order valence-electron chi connectivity index (χ1n) is 17.9. The molecule has 0 radical (unpaired) electrons. The molecule has 0 amide bonds. The summed E-state index contributed by atoms with van der Waals surface area (Å²) < 4.78 is 38.3. The summed E-state index contributed by atoms with van der Waals surface area (Å²) in [6, 6.07) is 14.5. The Labute approximate surface area is 310 Å². The Kier molecular flexibility index (Phi) is 10.9. The Morgan fingerprint density at radius 3 is 1.98 bits per heavy atom. The maximum Gasteiger partial charge on any atom is 0.210 e. The third-order valence-corrected chi connectivity index (χ3v) is 11.5. The van der Waals surface area contributed by atoms with Crippen molar-refractivity contribution in [1.82, 2.24) is 0 Å². The van der Waals surface area contributed by atoms with Crippen LogP contribution in [0.1, 0.15) is 94.8 Å². The van der Waals surface area contributed by atoms with E-state index in [0.29, 0.717) is 5.57 Å². The third kappa shape index (κ3) is 7.57. The van der Waals surface area contributed by atoms with Crippen LogP contribution in [-0.4, -0.2) is 23.8 Å². The van der Waals surface area contributed by atoms with E-state index in [1.807, 2.05) is 24.3 Å². The van der Waals surface area contributed by atoms with Gasteiger partial charge in [-0.1, -0.05) is 39.8 Å². The molecule has 0 aromatic heterocycles. The zero-order valence-corrected chi connectivity index (χ0v) is 33.4.